The highest BCUT2D eigenvalue weighted by Gasteiger charge is 2.57. The zero-order valence-electron chi connectivity index (χ0n) is 19.6. The molecule has 2 saturated heterocycles. The molecule has 4 aliphatic rings. The molecule has 0 spiro atoms. The number of hydrogen-bond acceptors (Lipinski definition) is 5. The quantitative estimate of drug-likeness (QED) is 0.496. The molecule has 7 nitrogen and oxygen atoms in total. The van der Waals surface area contributed by atoms with Gasteiger partial charge in [-0.05, 0) is 67.4 Å². The summed E-state index contributed by atoms with van der Waals surface area (Å²) in [7, 11) is 0. The number of allylic oxidation sites excluding steroid dienone is 2. The van der Waals surface area contributed by atoms with Crippen LogP contribution in [0.25, 0.3) is 0 Å². The predicted octanol–water partition coefficient (Wildman–Crippen LogP) is 3.58. The monoisotopic (exact) mass is 490 g/mol. The minimum Gasteiger partial charge on any atom is -0.342 e. The number of aromatic nitrogens is 1. The van der Waals surface area contributed by atoms with Gasteiger partial charge in [-0.1, -0.05) is 24.3 Å². The number of urea groups is 1. The fraction of sp³-hybridized carbons (Fsp3) is 0.481. The van der Waals surface area contributed by atoms with Crippen LogP contribution in [0.2, 0.25) is 0 Å². The first-order valence-electron chi connectivity index (χ1n) is 12.6. The fourth-order valence-corrected chi connectivity index (χ4v) is 7.31. The van der Waals surface area contributed by atoms with Gasteiger partial charge in [-0.2, -0.15) is 0 Å². The van der Waals surface area contributed by atoms with Crippen molar-refractivity contribution >= 4 is 29.2 Å². The maximum Gasteiger partial charge on any atom is 0.325 e. The number of carbonyl (C=O) groups excluding carboxylic acids is 3. The third-order valence-electron chi connectivity index (χ3n) is 8.43. The zero-order valence-corrected chi connectivity index (χ0v) is 20.5. The van der Waals surface area contributed by atoms with E-state index in [1.54, 1.807) is 23.7 Å². The van der Waals surface area contributed by atoms with Crippen LogP contribution in [0.4, 0.5) is 4.79 Å². The molecule has 1 N–H and O–H groups in total. The number of nitrogens with zero attached hydrogens (tertiary/aromatic N) is 3. The number of fused-ring (bicyclic) bond motifs is 2. The maximum atomic E-state index is 13.9. The molecule has 35 heavy (non-hydrogen) atoms. The van der Waals surface area contributed by atoms with Crippen LogP contribution in [-0.4, -0.2) is 52.3 Å². The molecular formula is C27H30N4O3S. The Balaban J connectivity index is 1.21. The first-order valence-corrected chi connectivity index (χ1v) is 13.5. The van der Waals surface area contributed by atoms with Gasteiger partial charge in [0.2, 0.25) is 5.91 Å². The summed E-state index contributed by atoms with van der Waals surface area (Å²) in [4.78, 5) is 49.1. The van der Waals surface area contributed by atoms with Gasteiger partial charge >= 0.3 is 6.03 Å². The largest absolute Gasteiger partial charge is 0.342 e. The number of rotatable bonds is 6. The number of nitrogens with one attached hydrogen (secondary N) is 1. The number of carbonyl (C=O) groups is 3. The van der Waals surface area contributed by atoms with Gasteiger partial charge in [0.15, 0.2) is 5.54 Å². The summed E-state index contributed by atoms with van der Waals surface area (Å²) < 4.78 is 0. The summed E-state index contributed by atoms with van der Waals surface area (Å²) in [5, 5.41) is 5.10. The molecule has 3 fully saturated rings. The van der Waals surface area contributed by atoms with Gasteiger partial charge < -0.3 is 10.2 Å². The van der Waals surface area contributed by atoms with Gasteiger partial charge in [0, 0.05) is 48.4 Å². The SMILES string of the molecule is O=C([C@@H]1C[C@@H]2C=C[C@H]1C2)N1CCC([C@@]2(c3cccnc3)NC(=O)N(CCc3cccs3)C2=O)CC1. The van der Waals surface area contributed by atoms with Crippen LogP contribution in [0.3, 0.4) is 0 Å². The number of pyridine rings is 1. The molecule has 0 aromatic carbocycles. The Morgan fingerprint density at radius 3 is 2.66 bits per heavy atom. The van der Waals surface area contributed by atoms with E-state index in [9.17, 15) is 14.4 Å². The van der Waals surface area contributed by atoms with Crippen LogP contribution in [0.5, 0.6) is 0 Å². The number of thiophene rings is 1. The molecule has 4 atom stereocenters. The number of hydrogen-bond donors (Lipinski definition) is 1. The Kier molecular flexibility index (Phi) is 5.71. The van der Waals surface area contributed by atoms with Crippen molar-refractivity contribution in [2.75, 3.05) is 19.6 Å². The Bertz CT molecular complexity index is 1140. The van der Waals surface area contributed by atoms with Gasteiger partial charge in [0.1, 0.15) is 0 Å². The van der Waals surface area contributed by atoms with Crippen molar-refractivity contribution in [3.8, 4) is 0 Å². The fourth-order valence-electron chi connectivity index (χ4n) is 6.61. The second kappa shape index (κ2) is 8.90. The highest BCUT2D eigenvalue weighted by Crippen LogP contribution is 2.45. The molecule has 182 valence electrons. The normalized spacial score (nSPS) is 30.3. The zero-order chi connectivity index (χ0) is 24.0. The summed E-state index contributed by atoms with van der Waals surface area (Å²) in [6.07, 6.45) is 11.9. The van der Waals surface area contributed by atoms with Gasteiger partial charge in [-0.3, -0.25) is 19.5 Å². The van der Waals surface area contributed by atoms with Gasteiger partial charge in [0.05, 0.1) is 0 Å². The van der Waals surface area contributed by atoms with E-state index in [0.717, 1.165) is 23.3 Å². The van der Waals surface area contributed by atoms with Crippen LogP contribution < -0.4 is 5.32 Å². The summed E-state index contributed by atoms with van der Waals surface area (Å²) >= 11 is 1.63. The average molecular weight is 491 g/mol. The highest BCUT2D eigenvalue weighted by atomic mass is 32.1. The molecule has 4 amide bonds. The molecule has 2 aliphatic heterocycles. The lowest BCUT2D eigenvalue weighted by atomic mass is 9.73. The van der Waals surface area contributed by atoms with Crippen molar-refractivity contribution in [3.63, 3.8) is 0 Å². The Morgan fingerprint density at radius 1 is 1.14 bits per heavy atom. The topological polar surface area (TPSA) is 82.6 Å². The number of piperidine rings is 1. The van der Waals surface area contributed by atoms with Gasteiger partial charge in [-0.15, -0.1) is 11.3 Å². The smallest absolute Gasteiger partial charge is 0.325 e. The van der Waals surface area contributed by atoms with Crippen LogP contribution in [0, 0.1) is 23.7 Å². The third-order valence-corrected chi connectivity index (χ3v) is 9.36. The molecule has 0 unspecified atom stereocenters. The van der Waals surface area contributed by atoms with Crippen molar-refractivity contribution in [1.29, 1.82) is 0 Å². The Hall–Kier alpha value is -3.00. The van der Waals surface area contributed by atoms with Crippen LogP contribution in [0.1, 0.15) is 36.1 Å². The minimum atomic E-state index is -1.13. The third kappa shape index (κ3) is 3.78. The first kappa shape index (κ1) is 22.5. The van der Waals surface area contributed by atoms with E-state index in [0.29, 0.717) is 50.7 Å². The summed E-state index contributed by atoms with van der Waals surface area (Å²) in [5.74, 6) is 1.02. The van der Waals surface area contributed by atoms with Gasteiger partial charge in [0.25, 0.3) is 5.91 Å². The predicted molar refractivity (Wildman–Crippen MR) is 132 cm³/mol. The van der Waals surface area contributed by atoms with Crippen molar-refractivity contribution in [1.82, 2.24) is 20.1 Å². The van der Waals surface area contributed by atoms with Crippen molar-refractivity contribution < 1.29 is 14.4 Å². The number of imide groups is 1. The van der Waals surface area contributed by atoms with E-state index in [4.69, 9.17) is 0 Å². The van der Waals surface area contributed by atoms with E-state index in [-0.39, 0.29) is 29.7 Å². The van der Waals surface area contributed by atoms with E-state index in [1.165, 1.54) is 4.90 Å². The molecule has 1 saturated carbocycles. The summed E-state index contributed by atoms with van der Waals surface area (Å²) in [5.41, 5.74) is -0.412. The molecule has 2 bridgehead atoms. The standard InChI is InChI=1S/C27H30N4O3S/c32-24(23-16-18-5-6-19(23)15-18)30-11-7-20(8-12-30)27(21-3-1-10-28-17-21)25(33)31(26(34)29-27)13-9-22-4-2-14-35-22/h1-6,10,14,17-20,23H,7-9,11-13,15-16H2,(H,29,34)/t18-,19+,23-,27+/m1/s1. The second-order valence-corrected chi connectivity index (χ2v) is 11.3. The molecule has 4 heterocycles. The molecule has 2 aliphatic carbocycles. The second-order valence-electron chi connectivity index (χ2n) is 10.3. The highest BCUT2D eigenvalue weighted by molar-refractivity contribution is 7.09. The van der Waals surface area contributed by atoms with Crippen molar-refractivity contribution in [3.05, 3.63) is 64.6 Å². The average Bonchev–Trinajstić information content (AvgIpc) is 3.69. The molecule has 8 heteroatoms. The molecular weight excluding hydrogens is 460 g/mol. The van der Waals surface area contributed by atoms with E-state index in [2.05, 4.69) is 22.5 Å². The number of amides is 4. The molecule has 2 aromatic heterocycles. The summed E-state index contributed by atoms with van der Waals surface area (Å²) in [6, 6.07) is 7.35. The number of likely N-dealkylation sites (tertiary alicyclic amines) is 1. The molecule has 2 aromatic rings. The van der Waals surface area contributed by atoms with E-state index < -0.39 is 5.54 Å². The minimum absolute atomic E-state index is 0.0983. The molecule has 6 rings (SSSR count). The first-order chi connectivity index (χ1) is 17.1. The van der Waals surface area contributed by atoms with Crippen LogP contribution in [0.15, 0.2) is 54.2 Å². The lowest BCUT2D eigenvalue weighted by Gasteiger charge is -2.41. The van der Waals surface area contributed by atoms with Crippen molar-refractivity contribution in [2.24, 2.45) is 23.7 Å². The lowest BCUT2D eigenvalue weighted by Crippen LogP contribution is -2.54. The Labute approximate surface area is 209 Å². The maximum absolute atomic E-state index is 13.9. The van der Waals surface area contributed by atoms with Gasteiger partial charge in [-0.25, -0.2) is 4.79 Å². The van der Waals surface area contributed by atoms with Crippen molar-refractivity contribution in [2.45, 2.75) is 37.6 Å². The molecule has 0 radical (unpaired) electrons. The summed E-state index contributed by atoms with van der Waals surface area (Å²) in [6.45, 7) is 1.57. The lowest BCUT2D eigenvalue weighted by molar-refractivity contribution is -0.139. The van der Waals surface area contributed by atoms with E-state index in [1.807, 2.05) is 34.5 Å². The van der Waals surface area contributed by atoms with Crippen LogP contribution >= 0.6 is 11.3 Å². The Morgan fingerprint density at radius 2 is 2.00 bits per heavy atom. The van der Waals surface area contributed by atoms with Crippen LogP contribution in [-0.2, 0) is 21.5 Å². The van der Waals surface area contributed by atoms with E-state index >= 15 is 0 Å².